The van der Waals surface area contributed by atoms with E-state index in [4.69, 9.17) is 4.74 Å². The van der Waals surface area contributed by atoms with Crippen molar-refractivity contribution < 1.29 is 27.8 Å². The molecule has 0 fully saturated rings. The minimum Gasteiger partial charge on any atom is -0.457 e. The number of unbranched alkanes of at least 4 members (excludes halogenated alkanes) is 11. The van der Waals surface area contributed by atoms with Crippen LogP contribution in [0.15, 0.2) is 18.2 Å². The molecule has 0 radical (unpaired) electrons. The summed E-state index contributed by atoms with van der Waals surface area (Å²) in [6.07, 6.45) is 14.3. The molecule has 0 aromatic heterocycles. The monoisotopic (exact) mass is 398 g/mol. The minimum absolute atomic E-state index is 0.128. The van der Waals surface area contributed by atoms with Crippen molar-refractivity contribution in [3.05, 3.63) is 29.8 Å². The summed E-state index contributed by atoms with van der Waals surface area (Å²) < 4.78 is 35.5. The Hall–Kier alpha value is -1.98. The Morgan fingerprint density at radius 1 is 0.714 bits per heavy atom. The quantitative estimate of drug-likeness (QED) is 0.164. The third-order valence-electron chi connectivity index (χ3n) is 4.44. The van der Waals surface area contributed by atoms with Crippen LogP contribution >= 0.6 is 0 Å². The van der Waals surface area contributed by atoms with Crippen LogP contribution in [-0.4, -0.2) is 18.5 Å². The lowest BCUT2D eigenvalue weighted by molar-refractivity contribution is -0.162. The summed E-state index contributed by atoms with van der Waals surface area (Å²) >= 11 is 0. The van der Waals surface area contributed by atoms with Crippen molar-refractivity contribution in [3.63, 3.8) is 0 Å². The highest BCUT2D eigenvalue weighted by Crippen LogP contribution is 2.16. The Morgan fingerprint density at radius 3 is 1.68 bits per heavy atom. The number of hydrogen-bond donors (Lipinski definition) is 0. The molecule has 0 aliphatic rings. The van der Waals surface area contributed by atoms with E-state index in [1.807, 2.05) is 0 Å². The lowest BCUT2D eigenvalue weighted by atomic mass is 10.1. The molecule has 0 bridgehead atoms. The number of hydrogen-bond acceptors (Lipinski definition) is 4. The minimum atomic E-state index is -1.29. The van der Waals surface area contributed by atoms with Crippen molar-refractivity contribution in [1.82, 2.24) is 0 Å². The maximum Gasteiger partial charge on any atom is 0.422 e. The fourth-order valence-electron chi connectivity index (χ4n) is 2.90. The lowest BCUT2D eigenvalue weighted by Gasteiger charge is -2.06. The molecule has 6 heteroatoms. The summed E-state index contributed by atoms with van der Waals surface area (Å²) in [6.45, 7) is 2.35. The van der Waals surface area contributed by atoms with E-state index in [1.165, 1.54) is 51.4 Å². The third-order valence-corrected chi connectivity index (χ3v) is 4.44. The van der Waals surface area contributed by atoms with Crippen molar-refractivity contribution >= 4 is 11.9 Å². The van der Waals surface area contributed by atoms with E-state index >= 15 is 0 Å². The topological polar surface area (TPSA) is 52.6 Å². The van der Waals surface area contributed by atoms with Gasteiger partial charge >= 0.3 is 11.9 Å². The molecule has 0 saturated carbocycles. The first-order chi connectivity index (χ1) is 13.5. The first kappa shape index (κ1) is 24.1. The molecule has 0 aliphatic heterocycles. The molecular weight excluding hydrogens is 366 g/mol. The van der Waals surface area contributed by atoms with E-state index in [-0.39, 0.29) is 12.4 Å². The maximum absolute atomic E-state index is 13.0. The van der Waals surface area contributed by atoms with Crippen LogP contribution in [0.25, 0.3) is 0 Å². The highest BCUT2D eigenvalue weighted by atomic mass is 19.1. The Bertz CT molecular complexity index is 570. The number of halogens is 2. The van der Waals surface area contributed by atoms with E-state index in [0.717, 1.165) is 31.4 Å². The summed E-state index contributed by atoms with van der Waals surface area (Å²) in [5.41, 5.74) is 0. The van der Waals surface area contributed by atoms with Gasteiger partial charge in [-0.1, -0.05) is 77.6 Å². The normalized spacial score (nSPS) is 10.7. The van der Waals surface area contributed by atoms with E-state index < -0.39 is 23.6 Å². The smallest absolute Gasteiger partial charge is 0.422 e. The molecule has 158 valence electrons. The molecule has 0 N–H and O–H groups in total. The predicted molar refractivity (Wildman–Crippen MR) is 104 cm³/mol. The average molecular weight is 398 g/mol. The predicted octanol–water partition coefficient (Wildman–Crippen LogP) is 6.11. The molecule has 0 amide bonds. The molecule has 0 unspecified atom stereocenters. The fourth-order valence-corrected chi connectivity index (χ4v) is 2.90. The number of carbonyl (C=O) groups excluding carboxylic acids is 2. The van der Waals surface area contributed by atoms with Gasteiger partial charge in [-0.2, -0.15) is 0 Å². The molecule has 0 atom stereocenters. The second-order valence-electron chi connectivity index (χ2n) is 7.02. The van der Waals surface area contributed by atoms with Gasteiger partial charge in [0.15, 0.2) is 0 Å². The molecule has 1 rings (SSSR count). The van der Waals surface area contributed by atoms with Gasteiger partial charge in [-0.05, 0) is 6.42 Å². The van der Waals surface area contributed by atoms with Crippen molar-refractivity contribution in [3.8, 4) is 5.75 Å². The van der Waals surface area contributed by atoms with Crippen molar-refractivity contribution in [2.45, 2.75) is 84.0 Å². The number of rotatable bonds is 14. The summed E-state index contributed by atoms with van der Waals surface area (Å²) in [5, 5.41) is 0. The molecule has 0 spiro atoms. The number of ether oxygens (including phenoxy) is 2. The van der Waals surface area contributed by atoms with E-state index in [1.54, 1.807) is 0 Å². The van der Waals surface area contributed by atoms with Crippen molar-refractivity contribution in [1.29, 1.82) is 0 Å². The molecule has 4 nitrogen and oxygen atoms in total. The Labute approximate surface area is 166 Å². The van der Waals surface area contributed by atoms with Crippen LogP contribution in [0.3, 0.4) is 0 Å². The highest BCUT2D eigenvalue weighted by Gasteiger charge is 2.18. The Morgan fingerprint density at radius 2 is 1.18 bits per heavy atom. The van der Waals surface area contributed by atoms with Crippen LogP contribution in [0.4, 0.5) is 8.78 Å². The first-order valence-corrected chi connectivity index (χ1v) is 10.4. The fraction of sp³-hybridized carbons (Fsp3) is 0.636. The Balaban J connectivity index is 1.99. The van der Waals surface area contributed by atoms with Crippen LogP contribution in [0.1, 0.15) is 84.0 Å². The third kappa shape index (κ3) is 11.7. The van der Waals surface area contributed by atoms with Gasteiger partial charge in [0.25, 0.3) is 0 Å². The maximum atomic E-state index is 13.0. The molecule has 0 heterocycles. The summed E-state index contributed by atoms with van der Waals surface area (Å²) in [4.78, 5) is 23.1. The van der Waals surface area contributed by atoms with Gasteiger partial charge in [0, 0.05) is 18.2 Å². The summed E-state index contributed by atoms with van der Waals surface area (Å²) in [6, 6.07) is 2.28. The van der Waals surface area contributed by atoms with Gasteiger partial charge in [0.2, 0.25) is 0 Å². The van der Waals surface area contributed by atoms with Crippen LogP contribution in [0.5, 0.6) is 5.75 Å². The summed E-state index contributed by atoms with van der Waals surface area (Å²) in [5.74, 6) is -4.61. The first-order valence-electron chi connectivity index (χ1n) is 10.4. The zero-order valence-corrected chi connectivity index (χ0v) is 16.8. The van der Waals surface area contributed by atoms with Crippen LogP contribution in [0.2, 0.25) is 0 Å². The van der Waals surface area contributed by atoms with Gasteiger partial charge in [0.05, 0.1) is 6.61 Å². The molecule has 1 aromatic carbocycles. The lowest BCUT2D eigenvalue weighted by Crippen LogP contribution is -2.23. The van der Waals surface area contributed by atoms with Gasteiger partial charge in [-0.25, -0.2) is 18.4 Å². The number of esters is 2. The van der Waals surface area contributed by atoms with Gasteiger partial charge in [-0.3, -0.25) is 0 Å². The van der Waals surface area contributed by atoms with Crippen LogP contribution < -0.4 is 4.74 Å². The van der Waals surface area contributed by atoms with E-state index in [9.17, 15) is 18.4 Å². The van der Waals surface area contributed by atoms with Crippen LogP contribution in [0, 0.1) is 11.6 Å². The molecular formula is C22H32F2O4. The molecule has 0 aliphatic carbocycles. The SMILES string of the molecule is CCCCCCCCCCCCCCOC(=O)C(=O)Oc1cc(F)cc(F)c1. The standard InChI is InChI=1S/C22H32F2O4/c1-2-3-4-5-6-7-8-9-10-11-12-13-14-27-21(25)22(26)28-20-16-18(23)15-19(24)17-20/h15-17H,2-14H2,1H3. The summed E-state index contributed by atoms with van der Waals surface area (Å²) in [7, 11) is 0. The number of carbonyl (C=O) groups is 2. The van der Waals surface area contributed by atoms with Crippen molar-refractivity contribution in [2.24, 2.45) is 0 Å². The molecule has 0 saturated heterocycles. The largest absolute Gasteiger partial charge is 0.457 e. The van der Waals surface area contributed by atoms with Gasteiger partial charge in [-0.15, -0.1) is 0 Å². The van der Waals surface area contributed by atoms with Gasteiger partial charge < -0.3 is 9.47 Å². The zero-order chi connectivity index (χ0) is 20.6. The second-order valence-corrected chi connectivity index (χ2v) is 7.02. The van der Waals surface area contributed by atoms with E-state index in [0.29, 0.717) is 12.5 Å². The number of benzene rings is 1. The molecule has 28 heavy (non-hydrogen) atoms. The van der Waals surface area contributed by atoms with Gasteiger partial charge in [0.1, 0.15) is 17.4 Å². The second kappa shape index (κ2) is 15.0. The average Bonchev–Trinajstić information content (AvgIpc) is 2.64. The van der Waals surface area contributed by atoms with E-state index in [2.05, 4.69) is 11.7 Å². The Kier molecular flexibility index (Phi) is 12.9. The highest BCUT2D eigenvalue weighted by molar-refractivity contribution is 6.30. The zero-order valence-electron chi connectivity index (χ0n) is 16.8. The molecule has 1 aromatic rings. The van der Waals surface area contributed by atoms with Crippen LogP contribution in [-0.2, 0) is 14.3 Å². The van der Waals surface area contributed by atoms with Crippen molar-refractivity contribution in [2.75, 3.05) is 6.61 Å².